The van der Waals surface area contributed by atoms with Crippen molar-refractivity contribution in [2.75, 3.05) is 6.54 Å². The number of hydrogen-bond donors (Lipinski definition) is 1. The lowest BCUT2D eigenvalue weighted by Crippen LogP contribution is -2.30. The molecular weight excluding hydrogens is 400 g/mol. The number of amides is 1. The Morgan fingerprint density at radius 3 is 2.26 bits per heavy atom. The number of ketones is 1. The molecule has 2 aromatic carbocycles. The van der Waals surface area contributed by atoms with Crippen LogP contribution in [-0.2, 0) is 9.59 Å². The quantitative estimate of drug-likeness (QED) is 0.234. The van der Waals surface area contributed by atoms with Gasteiger partial charge in [-0.15, -0.1) is 0 Å². The first-order valence-corrected chi connectivity index (χ1v) is 10.0. The van der Waals surface area contributed by atoms with E-state index in [0.717, 1.165) is 0 Å². The molecule has 2 aromatic rings. The van der Waals surface area contributed by atoms with Crippen LogP contribution >= 0.6 is 0 Å². The number of likely N-dealkylation sites (tertiary alicyclic amines) is 1. The number of ether oxygens (including phenoxy) is 1. The molecule has 1 amide bonds. The molecule has 1 saturated heterocycles. The van der Waals surface area contributed by atoms with Gasteiger partial charge in [0.15, 0.2) is 0 Å². The number of nitro benzene ring substituents is 1. The minimum Gasteiger partial charge on any atom is -0.507 e. The van der Waals surface area contributed by atoms with Crippen molar-refractivity contribution in [2.45, 2.75) is 39.3 Å². The van der Waals surface area contributed by atoms with Crippen molar-refractivity contribution in [2.24, 2.45) is 0 Å². The molecule has 8 heteroatoms. The van der Waals surface area contributed by atoms with Crippen molar-refractivity contribution < 1.29 is 24.4 Å². The van der Waals surface area contributed by atoms with E-state index in [0.29, 0.717) is 24.3 Å². The van der Waals surface area contributed by atoms with Gasteiger partial charge in [0.1, 0.15) is 11.5 Å². The van der Waals surface area contributed by atoms with Crippen LogP contribution in [0.3, 0.4) is 0 Å². The Bertz CT molecular complexity index is 1030. The monoisotopic (exact) mass is 424 g/mol. The fraction of sp³-hybridized carbons (Fsp3) is 0.304. The zero-order valence-electron chi connectivity index (χ0n) is 17.6. The van der Waals surface area contributed by atoms with E-state index in [2.05, 4.69) is 0 Å². The second kappa shape index (κ2) is 8.99. The second-order valence-electron chi connectivity index (χ2n) is 7.53. The van der Waals surface area contributed by atoms with Crippen LogP contribution in [0.1, 0.15) is 44.4 Å². The summed E-state index contributed by atoms with van der Waals surface area (Å²) in [7, 11) is 0. The van der Waals surface area contributed by atoms with E-state index in [1.807, 2.05) is 20.8 Å². The first-order chi connectivity index (χ1) is 14.7. The summed E-state index contributed by atoms with van der Waals surface area (Å²) in [6.07, 6.45) is 0.633. The van der Waals surface area contributed by atoms with Gasteiger partial charge >= 0.3 is 0 Å². The maximum atomic E-state index is 12.8. The summed E-state index contributed by atoms with van der Waals surface area (Å²) in [5.74, 6) is -1.17. The maximum absolute atomic E-state index is 12.8. The zero-order valence-corrected chi connectivity index (χ0v) is 17.6. The fourth-order valence-electron chi connectivity index (χ4n) is 3.60. The maximum Gasteiger partial charge on any atom is 0.295 e. The van der Waals surface area contributed by atoms with Crippen LogP contribution in [0.2, 0.25) is 0 Å². The van der Waals surface area contributed by atoms with E-state index >= 15 is 0 Å². The summed E-state index contributed by atoms with van der Waals surface area (Å²) >= 11 is 0. The molecule has 1 aliphatic rings. The van der Waals surface area contributed by atoms with Crippen LogP contribution < -0.4 is 4.74 Å². The topological polar surface area (TPSA) is 110 Å². The highest BCUT2D eigenvalue weighted by Crippen LogP contribution is 2.40. The molecule has 3 rings (SSSR count). The Morgan fingerprint density at radius 2 is 1.74 bits per heavy atom. The molecule has 0 saturated carbocycles. The normalized spacial score (nSPS) is 17.9. The van der Waals surface area contributed by atoms with Gasteiger partial charge < -0.3 is 14.7 Å². The lowest BCUT2D eigenvalue weighted by molar-refractivity contribution is -0.384. The smallest absolute Gasteiger partial charge is 0.295 e. The summed E-state index contributed by atoms with van der Waals surface area (Å²) < 4.78 is 5.66. The predicted octanol–water partition coefficient (Wildman–Crippen LogP) is 4.21. The second-order valence-corrected chi connectivity index (χ2v) is 7.53. The van der Waals surface area contributed by atoms with Gasteiger partial charge in [-0.3, -0.25) is 19.7 Å². The molecule has 1 heterocycles. The third-order valence-corrected chi connectivity index (χ3v) is 4.92. The van der Waals surface area contributed by atoms with Crippen molar-refractivity contribution in [3.63, 3.8) is 0 Å². The molecule has 1 aliphatic heterocycles. The third kappa shape index (κ3) is 4.42. The number of carbonyl (C=O) groups excluding carboxylic acids is 2. The van der Waals surface area contributed by atoms with Crippen molar-refractivity contribution in [3.8, 4) is 5.75 Å². The number of nitrogens with zero attached hydrogens (tertiary/aromatic N) is 2. The lowest BCUT2D eigenvalue weighted by Gasteiger charge is -2.25. The van der Waals surface area contributed by atoms with Crippen LogP contribution in [0.4, 0.5) is 5.69 Å². The summed E-state index contributed by atoms with van der Waals surface area (Å²) in [6, 6.07) is 11.5. The number of hydrogen-bond acceptors (Lipinski definition) is 6. The van der Waals surface area contributed by atoms with Crippen LogP contribution in [0.5, 0.6) is 5.75 Å². The molecule has 0 aromatic heterocycles. The minimum absolute atomic E-state index is 0.00119. The van der Waals surface area contributed by atoms with Gasteiger partial charge in [-0.05, 0) is 50.1 Å². The Morgan fingerprint density at radius 1 is 1.13 bits per heavy atom. The molecule has 1 atom stereocenters. The highest BCUT2D eigenvalue weighted by atomic mass is 16.6. The Hall–Kier alpha value is -3.68. The van der Waals surface area contributed by atoms with Gasteiger partial charge in [0.2, 0.25) is 0 Å². The molecule has 1 unspecified atom stereocenters. The van der Waals surface area contributed by atoms with Crippen molar-refractivity contribution in [1.82, 2.24) is 4.90 Å². The van der Waals surface area contributed by atoms with Gasteiger partial charge in [-0.25, -0.2) is 0 Å². The number of Topliss-reactive ketones (excluding diaryl/α,β-unsaturated/α-hetero) is 1. The lowest BCUT2D eigenvalue weighted by atomic mass is 9.95. The standard InChI is InChI=1S/C23H24N2O6/c1-4-13-24-20(15-7-11-18(12-8-15)31-14(2)3)19(22(27)23(24)28)21(26)16-5-9-17(10-6-16)25(29)30/h5-12,14,20,26H,4,13H2,1-3H3/b21-19-. The largest absolute Gasteiger partial charge is 0.507 e. The molecule has 162 valence electrons. The molecule has 8 nitrogen and oxygen atoms in total. The summed E-state index contributed by atoms with van der Waals surface area (Å²) in [5, 5.41) is 21.8. The van der Waals surface area contributed by atoms with Crippen molar-refractivity contribution >= 4 is 23.1 Å². The highest BCUT2D eigenvalue weighted by Gasteiger charge is 2.45. The van der Waals surface area contributed by atoms with Crippen LogP contribution in [0.25, 0.3) is 5.76 Å². The number of aliphatic hydroxyl groups excluding tert-OH is 1. The van der Waals surface area contributed by atoms with Gasteiger partial charge in [0.25, 0.3) is 17.4 Å². The molecule has 1 fully saturated rings. The number of nitro groups is 1. The molecule has 0 bridgehead atoms. The Kier molecular flexibility index (Phi) is 6.39. The first-order valence-electron chi connectivity index (χ1n) is 10.0. The number of carbonyl (C=O) groups is 2. The van der Waals surface area contributed by atoms with E-state index in [4.69, 9.17) is 4.74 Å². The number of non-ortho nitro benzene ring substituents is 1. The highest BCUT2D eigenvalue weighted by molar-refractivity contribution is 6.46. The van der Waals surface area contributed by atoms with E-state index in [1.165, 1.54) is 29.2 Å². The van der Waals surface area contributed by atoms with Crippen LogP contribution in [0.15, 0.2) is 54.1 Å². The molecule has 0 aliphatic carbocycles. The number of aliphatic hydroxyl groups is 1. The Labute approximate surface area is 179 Å². The predicted molar refractivity (Wildman–Crippen MR) is 115 cm³/mol. The molecule has 0 radical (unpaired) electrons. The van der Waals surface area contributed by atoms with E-state index in [1.54, 1.807) is 24.3 Å². The van der Waals surface area contributed by atoms with Crippen LogP contribution in [0, 0.1) is 10.1 Å². The SMILES string of the molecule is CCCN1C(=O)C(=O)/C(=C(\O)c2ccc([N+](=O)[O-])cc2)C1c1ccc(OC(C)C)cc1. The summed E-state index contributed by atoms with van der Waals surface area (Å²) in [6.45, 7) is 6.06. The molecule has 31 heavy (non-hydrogen) atoms. The average Bonchev–Trinajstić information content (AvgIpc) is 2.99. The summed E-state index contributed by atoms with van der Waals surface area (Å²) in [4.78, 5) is 37.3. The third-order valence-electron chi connectivity index (χ3n) is 4.92. The van der Waals surface area contributed by atoms with E-state index in [9.17, 15) is 24.8 Å². The van der Waals surface area contributed by atoms with Gasteiger partial charge in [-0.2, -0.15) is 0 Å². The minimum atomic E-state index is -0.781. The van der Waals surface area contributed by atoms with Crippen LogP contribution in [-0.4, -0.2) is 39.3 Å². The average molecular weight is 424 g/mol. The van der Waals surface area contributed by atoms with Gasteiger partial charge in [0, 0.05) is 24.2 Å². The zero-order chi connectivity index (χ0) is 22.7. The summed E-state index contributed by atoms with van der Waals surface area (Å²) in [5.41, 5.74) is 0.710. The number of benzene rings is 2. The molecular formula is C23H24N2O6. The van der Waals surface area contributed by atoms with Crippen molar-refractivity contribution in [1.29, 1.82) is 0 Å². The van der Waals surface area contributed by atoms with Crippen molar-refractivity contribution in [3.05, 3.63) is 75.3 Å². The van der Waals surface area contributed by atoms with Gasteiger partial charge in [0.05, 0.1) is 22.6 Å². The first kappa shape index (κ1) is 22.0. The molecule has 1 N–H and O–H groups in total. The van der Waals surface area contributed by atoms with E-state index < -0.39 is 22.7 Å². The van der Waals surface area contributed by atoms with Gasteiger partial charge in [-0.1, -0.05) is 19.1 Å². The Balaban J connectivity index is 2.09. The van der Waals surface area contributed by atoms with E-state index in [-0.39, 0.29) is 28.7 Å². The fourth-order valence-corrected chi connectivity index (χ4v) is 3.60. The molecule has 0 spiro atoms. The number of rotatable bonds is 7.